The molecule has 2 heterocycles. The second kappa shape index (κ2) is 7.34. The largest absolute Gasteiger partial charge is 0.493 e. The molecule has 0 aliphatic carbocycles. The molecule has 1 aromatic heterocycles. The fraction of sp³-hybridized carbons (Fsp3) is 0.316. The molecule has 1 aliphatic heterocycles. The molecule has 2 atom stereocenters. The Bertz CT molecular complexity index is 764. The molecule has 1 fully saturated rings. The van der Waals surface area contributed by atoms with Crippen LogP contribution in [0.2, 0.25) is 0 Å². The minimum absolute atomic E-state index is 0.134. The maximum atomic E-state index is 12.7. The van der Waals surface area contributed by atoms with Gasteiger partial charge in [-0.15, -0.1) is 0 Å². The summed E-state index contributed by atoms with van der Waals surface area (Å²) >= 11 is 0. The number of amides is 2. The number of hydrogen-bond donors (Lipinski definition) is 1. The maximum Gasteiger partial charge on any atom is 0.272 e. The molecule has 2 aromatic rings. The summed E-state index contributed by atoms with van der Waals surface area (Å²) in [5.74, 6) is -0.403. The van der Waals surface area contributed by atoms with Gasteiger partial charge in [0.25, 0.3) is 5.91 Å². The number of aromatic nitrogens is 1. The molecule has 3 rings (SSSR count). The molecule has 2 N–H and O–H groups in total. The molecule has 0 unspecified atom stereocenters. The van der Waals surface area contributed by atoms with Gasteiger partial charge in [-0.3, -0.25) is 14.6 Å². The Kier molecular flexibility index (Phi) is 4.97. The van der Waals surface area contributed by atoms with Crippen molar-refractivity contribution in [3.8, 4) is 5.75 Å². The van der Waals surface area contributed by atoms with Crippen LogP contribution in [0, 0.1) is 18.8 Å². The number of carbonyl (C=O) groups is 2. The lowest BCUT2D eigenvalue weighted by atomic mass is 9.96. The fourth-order valence-electron chi connectivity index (χ4n) is 3.11. The minimum atomic E-state index is -0.420. The van der Waals surface area contributed by atoms with Gasteiger partial charge in [0, 0.05) is 25.2 Å². The van der Waals surface area contributed by atoms with Crippen LogP contribution in [0.5, 0.6) is 5.75 Å². The first-order valence-electron chi connectivity index (χ1n) is 8.24. The standard InChI is InChI=1S/C19H21N3O3/c1-13-6-5-9-21-17(13)19(24)22-10-14(16(11-22)18(20)23)12-25-15-7-3-2-4-8-15/h2-9,14,16H,10-12H2,1H3,(H2,20,23)/t14-,16+/m0/s1. The van der Waals surface area contributed by atoms with E-state index >= 15 is 0 Å². The van der Waals surface area contributed by atoms with E-state index in [1.807, 2.05) is 43.3 Å². The number of ether oxygens (including phenoxy) is 1. The number of primary amides is 1. The van der Waals surface area contributed by atoms with Crippen molar-refractivity contribution in [2.45, 2.75) is 6.92 Å². The molecule has 0 bridgehead atoms. The summed E-state index contributed by atoms with van der Waals surface area (Å²) in [7, 11) is 0. The van der Waals surface area contributed by atoms with E-state index in [0.717, 1.165) is 11.3 Å². The minimum Gasteiger partial charge on any atom is -0.493 e. The molecule has 6 nitrogen and oxygen atoms in total. The van der Waals surface area contributed by atoms with Gasteiger partial charge in [-0.1, -0.05) is 24.3 Å². The summed E-state index contributed by atoms with van der Waals surface area (Å²) in [4.78, 5) is 30.3. The van der Waals surface area contributed by atoms with Crippen LogP contribution in [-0.2, 0) is 4.79 Å². The van der Waals surface area contributed by atoms with E-state index in [1.165, 1.54) is 0 Å². The third-order valence-electron chi connectivity index (χ3n) is 4.51. The Hall–Kier alpha value is -2.89. The molecule has 0 spiro atoms. The van der Waals surface area contributed by atoms with E-state index in [-0.39, 0.29) is 11.8 Å². The third kappa shape index (κ3) is 3.79. The summed E-state index contributed by atoms with van der Waals surface area (Å²) in [5, 5.41) is 0. The smallest absolute Gasteiger partial charge is 0.272 e. The van der Waals surface area contributed by atoms with Crippen molar-refractivity contribution in [2.24, 2.45) is 17.6 Å². The van der Waals surface area contributed by atoms with Crippen molar-refractivity contribution < 1.29 is 14.3 Å². The molecule has 1 saturated heterocycles. The molecule has 0 radical (unpaired) electrons. The zero-order chi connectivity index (χ0) is 17.8. The van der Waals surface area contributed by atoms with Crippen LogP contribution in [0.25, 0.3) is 0 Å². The summed E-state index contributed by atoms with van der Waals surface area (Å²) in [5.41, 5.74) is 6.76. The summed E-state index contributed by atoms with van der Waals surface area (Å²) in [6, 6.07) is 13.0. The highest BCUT2D eigenvalue weighted by Gasteiger charge is 2.39. The number of nitrogens with two attached hydrogens (primary N) is 1. The number of benzene rings is 1. The molecule has 25 heavy (non-hydrogen) atoms. The van der Waals surface area contributed by atoms with Crippen LogP contribution in [0.1, 0.15) is 16.1 Å². The van der Waals surface area contributed by atoms with Gasteiger partial charge in [0.05, 0.1) is 12.5 Å². The Labute approximate surface area is 146 Å². The van der Waals surface area contributed by atoms with Gasteiger partial charge in [-0.05, 0) is 30.7 Å². The molecule has 130 valence electrons. The monoisotopic (exact) mass is 339 g/mol. The van der Waals surface area contributed by atoms with Crippen molar-refractivity contribution in [1.82, 2.24) is 9.88 Å². The van der Waals surface area contributed by atoms with Gasteiger partial charge in [0.1, 0.15) is 11.4 Å². The van der Waals surface area contributed by atoms with E-state index in [1.54, 1.807) is 17.2 Å². The van der Waals surface area contributed by atoms with Gasteiger partial charge in [-0.25, -0.2) is 0 Å². The number of pyridine rings is 1. The van der Waals surface area contributed by atoms with Crippen LogP contribution in [0.4, 0.5) is 0 Å². The van der Waals surface area contributed by atoms with Crippen molar-refractivity contribution >= 4 is 11.8 Å². The van der Waals surface area contributed by atoms with Crippen LogP contribution in [0.3, 0.4) is 0 Å². The molecule has 2 amide bonds. The van der Waals surface area contributed by atoms with Crippen molar-refractivity contribution in [3.05, 3.63) is 59.9 Å². The molecular weight excluding hydrogens is 318 g/mol. The average molecular weight is 339 g/mol. The first kappa shape index (κ1) is 17.0. The van der Waals surface area contributed by atoms with Crippen LogP contribution in [-0.4, -0.2) is 41.4 Å². The SMILES string of the molecule is Cc1cccnc1C(=O)N1C[C@@H](COc2ccccc2)[C@H](C(N)=O)C1. The third-order valence-corrected chi connectivity index (χ3v) is 4.51. The van der Waals surface area contributed by atoms with Gasteiger partial charge in [0.2, 0.25) is 5.91 Å². The second-order valence-electron chi connectivity index (χ2n) is 6.27. The van der Waals surface area contributed by atoms with E-state index in [0.29, 0.717) is 25.4 Å². The van der Waals surface area contributed by atoms with Crippen LogP contribution in [0.15, 0.2) is 48.7 Å². The number of para-hydroxylation sites is 1. The van der Waals surface area contributed by atoms with E-state index in [2.05, 4.69) is 4.98 Å². The Morgan fingerprint density at radius 2 is 1.96 bits per heavy atom. The quantitative estimate of drug-likeness (QED) is 0.897. The fourth-order valence-corrected chi connectivity index (χ4v) is 3.11. The number of likely N-dealkylation sites (tertiary alicyclic amines) is 1. The summed E-state index contributed by atoms with van der Waals surface area (Å²) in [6.07, 6.45) is 1.60. The number of hydrogen-bond acceptors (Lipinski definition) is 4. The highest BCUT2D eigenvalue weighted by Crippen LogP contribution is 2.26. The normalized spacial score (nSPS) is 19.6. The predicted molar refractivity (Wildman–Crippen MR) is 93.0 cm³/mol. The summed E-state index contributed by atoms with van der Waals surface area (Å²) in [6.45, 7) is 2.91. The van der Waals surface area contributed by atoms with E-state index in [4.69, 9.17) is 10.5 Å². The zero-order valence-corrected chi connectivity index (χ0v) is 14.1. The predicted octanol–water partition coefficient (Wildman–Crippen LogP) is 1.64. The number of rotatable bonds is 5. The first-order chi connectivity index (χ1) is 12.1. The Morgan fingerprint density at radius 3 is 2.64 bits per heavy atom. The molecular formula is C19H21N3O3. The van der Waals surface area contributed by atoms with Crippen molar-refractivity contribution in [2.75, 3.05) is 19.7 Å². The molecule has 6 heteroatoms. The zero-order valence-electron chi connectivity index (χ0n) is 14.1. The number of nitrogens with zero attached hydrogens (tertiary/aromatic N) is 2. The topological polar surface area (TPSA) is 85.5 Å². The van der Waals surface area contributed by atoms with Crippen LogP contribution >= 0.6 is 0 Å². The number of aryl methyl sites for hydroxylation is 1. The van der Waals surface area contributed by atoms with E-state index in [9.17, 15) is 9.59 Å². The lowest BCUT2D eigenvalue weighted by Crippen LogP contribution is -2.33. The molecule has 1 aliphatic rings. The van der Waals surface area contributed by atoms with Crippen molar-refractivity contribution in [3.63, 3.8) is 0 Å². The van der Waals surface area contributed by atoms with Crippen molar-refractivity contribution in [1.29, 1.82) is 0 Å². The van der Waals surface area contributed by atoms with Gasteiger partial charge >= 0.3 is 0 Å². The maximum absolute atomic E-state index is 12.7. The highest BCUT2D eigenvalue weighted by atomic mass is 16.5. The summed E-state index contributed by atoms with van der Waals surface area (Å²) < 4.78 is 5.77. The average Bonchev–Trinajstić information content (AvgIpc) is 3.05. The molecule has 1 aromatic carbocycles. The van der Waals surface area contributed by atoms with Gasteiger partial charge in [-0.2, -0.15) is 0 Å². The lowest BCUT2D eigenvalue weighted by Gasteiger charge is -2.17. The van der Waals surface area contributed by atoms with Crippen LogP contribution < -0.4 is 10.5 Å². The molecule has 0 saturated carbocycles. The number of carbonyl (C=O) groups excluding carboxylic acids is 2. The first-order valence-corrected chi connectivity index (χ1v) is 8.24. The Balaban J connectivity index is 1.71. The van der Waals surface area contributed by atoms with Gasteiger partial charge in [0.15, 0.2) is 0 Å². The Morgan fingerprint density at radius 1 is 1.20 bits per heavy atom. The lowest BCUT2D eigenvalue weighted by molar-refractivity contribution is -0.122. The van der Waals surface area contributed by atoms with E-state index < -0.39 is 11.8 Å². The van der Waals surface area contributed by atoms with Gasteiger partial charge < -0.3 is 15.4 Å². The highest BCUT2D eigenvalue weighted by molar-refractivity contribution is 5.94. The second-order valence-corrected chi connectivity index (χ2v) is 6.27.